The zero-order valence-electron chi connectivity index (χ0n) is 13.1. The van der Waals surface area contributed by atoms with Crippen molar-refractivity contribution in [3.8, 4) is 0 Å². The second kappa shape index (κ2) is 8.28. The molecule has 1 aliphatic rings. The molecule has 24 heavy (non-hydrogen) atoms. The Morgan fingerprint density at radius 3 is 2.79 bits per heavy atom. The van der Waals surface area contributed by atoms with Crippen LogP contribution in [0.3, 0.4) is 0 Å². The normalized spacial score (nSPS) is 16.5. The number of hydrogen-bond donors (Lipinski definition) is 2. The van der Waals surface area contributed by atoms with E-state index >= 15 is 0 Å². The summed E-state index contributed by atoms with van der Waals surface area (Å²) in [5.41, 5.74) is 6.89. The molecule has 0 radical (unpaired) electrons. The van der Waals surface area contributed by atoms with Gasteiger partial charge in [-0.2, -0.15) is 0 Å². The van der Waals surface area contributed by atoms with Crippen LogP contribution in [0.2, 0.25) is 0 Å². The lowest BCUT2D eigenvalue weighted by Gasteiger charge is -2.17. The molecule has 7 heteroatoms. The number of carbonyl (C=O) groups is 2. The summed E-state index contributed by atoms with van der Waals surface area (Å²) in [6, 6.07) is 10.7. The smallest absolute Gasteiger partial charge is 0.265 e. The number of amides is 2. The molecule has 2 heterocycles. The predicted molar refractivity (Wildman–Crippen MR) is 99.0 cm³/mol. The van der Waals surface area contributed by atoms with E-state index in [0.29, 0.717) is 35.1 Å². The molecule has 1 saturated heterocycles. The molecule has 1 unspecified atom stereocenters. The van der Waals surface area contributed by atoms with Crippen molar-refractivity contribution >= 4 is 41.2 Å². The average molecular weight is 366 g/mol. The third-order valence-corrected chi connectivity index (χ3v) is 4.89. The maximum Gasteiger partial charge on any atom is 0.265 e. The molecule has 0 aliphatic carbocycles. The van der Waals surface area contributed by atoms with Crippen LogP contribution < -0.4 is 11.1 Å². The van der Waals surface area contributed by atoms with E-state index in [-0.39, 0.29) is 24.2 Å². The SMILES string of the molecule is Cl.NCC1CCN(C(=O)c2cccc(NC(=O)c3cccs3)c2)C1. The van der Waals surface area contributed by atoms with E-state index in [9.17, 15) is 9.59 Å². The van der Waals surface area contributed by atoms with Crippen LogP contribution in [0.15, 0.2) is 41.8 Å². The first kappa shape index (κ1) is 18.4. The van der Waals surface area contributed by atoms with Gasteiger partial charge in [0.2, 0.25) is 0 Å². The van der Waals surface area contributed by atoms with Gasteiger partial charge in [-0.1, -0.05) is 12.1 Å². The summed E-state index contributed by atoms with van der Waals surface area (Å²) in [6.07, 6.45) is 0.955. The van der Waals surface area contributed by atoms with Crippen molar-refractivity contribution in [3.63, 3.8) is 0 Å². The van der Waals surface area contributed by atoms with Gasteiger partial charge >= 0.3 is 0 Å². The standard InChI is InChI=1S/C17H19N3O2S.ClH/c18-10-12-6-7-20(11-12)17(22)13-3-1-4-14(9-13)19-16(21)15-5-2-8-23-15;/h1-5,8-9,12H,6-7,10-11,18H2,(H,19,21);1H. The third-order valence-electron chi connectivity index (χ3n) is 4.02. The highest BCUT2D eigenvalue weighted by Gasteiger charge is 2.26. The number of nitrogens with one attached hydrogen (secondary N) is 1. The number of thiophene rings is 1. The Labute approximate surface area is 151 Å². The number of nitrogens with two attached hydrogens (primary N) is 1. The lowest BCUT2D eigenvalue weighted by atomic mass is 10.1. The van der Waals surface area contributed by atoms with E-state index in [1.807, 2.05) is 16.3 Å². The van der Waals surface area contributed by atoms with Gasteiger partial charge in [0, 0.05) is 24.3 Å². The number of halogens is 1. The van der Waals surface area contributed by atoms with Crippen LogP contribution in [0.25, 0.3) is 0 Å². The predicted octanol–water partition coefficient (Wildman–Crippen LogP) is 2.84. The first-order chi connectivity index (χ1) is 11.2. The Morgan fingerprint density at radius 2 is 2.12 bits per heavy atom. The fourth-order valence-electron chi connectivity index (χ4n) is 2.72. The first-order valence-electron chi connectivity index (χ1n) is 7.61. The lowest BCUT2D eigenvalue weighted by Crippen LogP contribution is -2.29. The minimum Gasteiger partial charge on any atom is -0.338 e. The lowest BCUT2D eigenvalue weighted by molar-refractivity contribution is 0.0787. The molecule has 0 bridgehead atoms. The number of likely N-dealkylation sites (tertiary alicyclic amines) is 1. The number of anilines is 1. The fraction of sp³-hybridized carbons (Fsp3) is 0.294. The second-order valence-electron chi connectivity index (χ2n) is 5.65. The van der Waals surface area contributed by atoms with Crippen molar-refractivity contribution in [3.05, 3.63) is 52.2 Å². The van der Waals surface area contributed by atoms with Gasteiger partial charge in [-0.15, -0.1) is 23.7 Å². The molecule has 3 rings (SSSR count). The molecule has 1 aromatic heterocycles. The highest BCUT2D eigenvalue weighted by Crippen LogP contribution is 2.20. The van der Waals surface area contributed by atoms with Crippen LogP contribution in [-0.4, -0.2) is 36.3 Å². The molecule has 2 aromatic rings. The second-order valence-corrected chi connectivity index (χ2v) is 6.60. The van der Waals surface area contributed by atoms with Crippen LogP contribution in [0.5, 0.6) is 0 Å². The minimum atomic E-state index is -0.158. The summed E-state index contributed by atoms with van der Waals surface area (Å²) in [5, 5.41) is 4.69. The molecular formula is C17H20ClN3O2S. The van der Waals surface area contributed by atoms with E-state index in [0.717, 1.165) is 13.0 Å². The summed E-state index contributed by atoms with van der Waals surface area (Å²) in [4.78, 5) is 27.1. The van der Waals surface area contributed by atoms with Gasteiger partial charge in [-0.05, 0) is 48.5 Å². The monoisotopic (exact) mass is 365 g/mol. The number of carbonyl (C=O) groups excluding carboxylic acids is 2. The van der Waals surface area contributed by atoms with Crippen molar-refractivity contribution in [2.45, 2.75) is 6.42 Å². The number of hydrogen-bond acceptors (Lipinski definition) is 4. The topological polar surface area (TPSA) is 75.4 Å². The molecule has 0 saturated carbocycles. The van der Waals surface area contributed by atoms with Crippen LogP contribution in [0.4, 0.5) is 5.69 Å². The molecule has 128 valence electrons. The Bertz CT molecular complexity index is 706. The molecule has 3 N–H and O–H groups in total. The van der Waals surface area contributed by atoms with Crippen LogP contribution in [0, 0.1) is 5.92 Å². The van der Waals surface area contributed by atoms with E-state index in [1.165, 1.54) is 11.3 Å². The largest absolute Gasteiger partial charge is 0.338 e. The molecule has 5 nitrogen and oxygen atoms in total. The molecule has 1 aromatic carbocycles. The zero-order valence-corrected chi connectivity index (χ0v) is 14.7. The van der Waals surface area contributed by atoms with E-state index in [1.54, 1.807) is 30.3 Å². The van der Waals surface area contributed by atoms with E-state index in [2.05, 4.69) is 5.32 Å². The quantitative estimate of drug-likeness (QED) is 0.874. The highest BCUT2D eigenvalue weighted by atomic mass is 35.5. The van der Waals surface area contributed by atoms with Gasteiger partial charge in [-0.25, -0.2) is 0 Å². The van der Waals surface area contributed by atoms with Crippen molar-refractivity contribution < 1.29 is 9.59 Å². The molecular weight excluding hydrogens is 346 g/mol. The summed E-state index contributed by atoms with van der Waals surface area (Å²) < 4.78 is 0. The highest BCUT2D eigenvalue weighted by molar-refractivity contribution is 7.12. The Balaban J connectivity index is 0.00000208. The molecule has 1 atom stereocenters. The number of benzene rings is 1. The van der Waals surface area contributed by atoms with Gasteiger partial charge in [0.15, 0.2) is 0 Å². The fourth-order valence-corrected chi connectivity index (χ4v) is 3.34. The van der Waals surface area contributed by atoms with Gasteiger partial charge in [0.1, 0.15) is 0 Å². The van der Waals surface area contributed by atoms with Crippen molar-refractivity contribution in [2.24, 2.45) is 11.7 Å². The summed E-state index contributed by atoms with van der Waals surface area (Å²) in [5.74, 6) is 0.225. The first-order valence-corrected chi connectivity index (χ1v) is 8.49. The summed E-state index contributed by atoms with van der Waals surface area (Å²) in [6.45, 7) is 2.06. The Hall–Kier alpha value is -1.89. The summed E-state index contributed by atoms with van der Waals surface area (Å²) in [7, 11) is 0. The van der Waals surface area contributed by atoms with E-state index in [4.69, 9.17) is 5.73 Å². The van der Waals surface area contributed by atoms with E-state index < -0.39 is 0 Å². The minimum absolute atomic E-state index is 0. The van der Waals surface area contributed by atoms with Crippen LogP contribution in [-0.2, 0) is 0 Å². The Morgan fingerprint density at radius 1 is 1.29 bits per heavy atom. The maximum absolute atomic E-state index is 12.5. The average Bonchev–Trinajstić information content (AvgIpc) is 3.25. The molecule has 1 fully saturated rings. The van der Waals surface area contributed by atoms with Crippen molar-refractivity contribution in [1.82, 2.24) is 4.90 Å². The molecule has 1 aliphatic heterocycles. The molecule has 0 spiro atoms. The number of nitrogens with zero attached hydrogens (tertiary/aromatic N) is 1. The summed E-state index contributed by atoms with van der Waals surface area (Å²) >= 11 is 1.38. The van der Waals surface area contributed by atoms with Gasteiger partial charge in [0.05, 0.1) is 4.88 Å². The van der Waals surface area contributed by atoms with Crippen molar-refractivity contribution in [2.75, 3.05) is 25.0 Å². The Kier molecular flexibility index (Phi) is 6.36. The molecule has 2 amide bonds. The van der Waals surface area contributed by atoms with Crippen molar-refractivity contribution in [1.29, 1.82) is 0 Å². The van der Waals surface area contributed by atoms with Crippen LogP contribution in [0.1, 0.15) is 26.5 Å². The number of rotatable bonds is 4. The zero-order chi connectivity index (χ0) is 16.2. The maximum atomic E-state index is 12.5. The van der Waals surface area contributed by atoms with Gasteiger partial charge < -0.3 is 16.0 Å². The van der Waals surface area contributed by atoms with Gasteiger partial charge in [-0.3, -0.25) is 9.59 Å². The van der Waals surface area contributed by atoms with Crippen LogP contribution >= 0.6 is 23.7 Å². The third kappa shape index (κ3) is 4.14. The van der Waals surface area contributed by atoms with Gasteiger partial charge in [0.25, 0.3) is 11.8 Å².